The molecule has 0 unspecified atom stereocenters. The maximum Gasteiger partial charge on any atom is 0.254 e. The van der Waals surface area contributed by atoms with Crippen LogP contribution < -0.4 is 10.6 Å². The molecule has 0 spiro atoms. The Hall–Kier alpha value is -2.54. The van der Waals surface area contributed by atoms with Gasteiger partial charge in [-0.2, -0.15) is 0 Å². The molecule has 1 aliphatic carbocycles. The van der Waals surface area contributed by atoms with Gasteiger partial charge in [0.25, 0.3) is 5.91 Å². The summed E-state index contributed by atoms with van der Waals surface area (Å²) in [5, 5.41) is 15.5. The van der Waals surface area contributed by atoms with E-state index in [-0.39, 0.29) is 24.0 Å². The Kier molecular flexibility index (Phi) is 5.00. The maximum atomic E-state index is 12.5. The van der Waals surface area contributed by atoms with Gasteiger partial charge in [0.15, 0.2) is 0 Å². The number of amides is 1. The topological polar surface area (TPSA) is 100 Å². The highest BCUT2D eigenvalue weighted by Crippen LogP contribution is 2.31. The van der Waals surface area contributed by atoms with Crippen molar-refractivity contribution in [1.29, 1.82) is 0 Å². The largest absolute Gasteiger partial charge is 0.393 e. The van der Waals surface area contributed by atoms with Crippen LogP contribution in [-0.2, 0) is 6.42 Å². The first-order valence-electron chi connectivity index (χ1n) is 8.04. The molecule has 126 valence electrons. The molecule has 7 nitrogen and oxygen atoms in total. The molecule has 1 aliphatic rings. The van der Waals surface area contributed by atoms with Crippen LogP contribution >= 0.6 is 0 Å². The molecule has 1 saturated carbocycles. The highest BCUT2D eigenvalue weighted by atomic mass is 16.3. The molecule has 3 N–H and O–H groups in total. The molecule has 0 saturated heterocycles. The third-order valence-electron chi connectivity index (χ3n) is 4.33. The molecule has 0 aliphatic heterocycles. The number of carbonyl (C=O) groups excluding carboxylic acids is 1. The van der Waals surface area contributed by atoms with Crippen LogP contribution in [0.2, 0.25) is 0 Å². The van der Waals surface area contributed by atoms with Crippen molar-refractivity contribution in [3.8, 4) is 0 Å². The summed E-state index contributed by atoms with van der Waals surface area (Å²) in [6.45, 7) is 0. The van der Waals surface area contributed by atoms with Gasteiger partial charge in [0.05, 0.1) is 11.7 Å². The van der Waals surface area contributed by atoms with E-state index in [2.05, 4.69) is 25.6 Å². The van der Waals surface area contributed by atoms with Gasteiger partial charge in [-0.1, -0.05) is 6.07 Å². The normalized spacial score (nSPS) is 20.8. The predicted molar refractivity (Wildman–Crippen MR) is 89.5 cm³/mol. The lowest BCUT2D eigenvalue weighted by Gasteiger charge is -2.38. The summed E-state index contributed by atoms with van der Waals surface area (Å²) in [5.74, 6) is 0.516. The standard InChI is InChI=1S/C17H21N5O2/c1-18-17-20-9-12(10-21-17)16(24)22-15(11-6-14(23)7-11)8-13-4-2-3-5-19-13/h2-5,9-11,14-15,23H,6-8H2,1H3,(H,22,24)(H,18,20,21)/t11?,14?,15-/m1/s1. The fourth-order valence-corrected chi connectivity index (χ4v) is 2.86. The lowest BCUT2D eigenvalue weighted by molar-refractivity contribution is 0.0237. The molecule has 1 amide bonds. The number of aliphatic hydroxyl groups is 1. The van der Waals surface area contributed by atoms with Gasteiger partial charge in [-0.15, -0.1) is 0 Å². The molecular formula is C17H21N5O2. The van der Waals surface area contributed by atoms with Crippen molar-refractivity contribution in [3.63, 3.8) is 0 Å². The summed E-state index contributed by atoms with van der Waals surface area (Å²) in [7, 11) is 1.72. The Morgan fingerprint density at radius 1 is 1.29 bits per heavy atom. The predicted octanol–water partition coefficient (Wildman–Crippen LogP) is 1.03. The van der Waals surface area contributed by atoms with Crippen molar-refractivity contribution >= 4 is 11.9 Å². The van der Waals surface area contributed by atoms with Crippen molar-refractivity contribution in [1.82, 2.24) is 20.3 Å². The lowest BCUT2D eigenvalue weighted by atomic mass is 9.76. The van der Waals surface area contributed by atoms with Crippen LogP contribution in [0.4, 0.5) is 5.95 Å². The minimum Gasteiger partial charge on any atom is -0.393 e. The Morgan fingerprint density at radius 3 is 2.62 bits per heavy atom. The fraction of sp³-hybridized carbons (Fsp3) is 0.412. The van der Waals surface area contributed by atoms with Crippen LogP contribution in [-0.4, -0.2) is 45.2 Å². The van der Waals surface area contributed by atoms with Crippen LogP contribution in [0.15, 0.2) is 36.8 Å². The van der Waals surface area contributed by atoms with Crippen LogP contribution in [0.5, 0.6) is 0 Å². The lowest BCUT2D eigenvalue weighted by Crippen LogP contribution is -2.48. The van der Waals surface area contributed by atoms with E-state index in [9.17, 15) is 9.90 Å². The highest BCUT2D eigenvalue weighted by molar-refractivity contribution is 5.93. The Bertz CT molecular complexity index is 671. The second-order valence-corrected chi connectivity index (χ2v) is 6.04. The van der Waals surface area contributed by atoms with Gasteiger partial charge in [-0.25, -0.2) is 9.97 Å². The van der Waals surface area contributed by atoms with Crippen LogP contribution in [0.25, 0.3) is 0 Å². The second kappa shape index (κ2) is 7.35. The SMILES string of the molecule is CNc1ncc(C(=O)N[C@H](Cc2ccccn2)C2CC(O)C2)cn1. The second-order valence-electron chi connectivity index (χ2n) is 6.04. The summed E-state index contributed by atoms with van der Waals surface area (Å²) in [5.41, 5.74) is 1.34. The third-order valence-corrected chi connectivity index (χ3v) is 4.33. The number of hydrogen-bond acceptors (Lipinski definition) is 6. The Balaban J connectivity index is 1.69. The third kappa shape index (κ3) is 3.86. The van der Waals surface area contributed by atoms with Gasteiger partial charge in [-0.3, -0.25) is 9.78 Å². The van der Waals surface area contributed by atoms with Crippen molar-refractivity contribution < 1.29 is 9.90 Å². The van der Waals surface area contributed by atoms with E-state index >= 15 is 0 Å². The molecule has 7 heteroatoms. The number of rotatable bonds is 6. The molecule has 2 heterocycles. The average molecular weight is 327 g/mol. The fourth-order valence-electron chi connectivity index (χ4n) is 2.86. The summed E-state index contributed by atoms with van der Waals surface area (Å²) in [4.78, 5) is 24.9. The molecular weight excluding hydrogens is 306 g/mol. The molecule has 2 aromatic heterocycles. The number of nitrogens with zero attached hydrogens (tertiary/aromatic N) is 3. The van der Waals surface area contributed by atoms with Gasteiger partial charge in [0.1, 0.15) is 0 Å². The van der Waals surface area contributed by atoms with Crippen molar-refractivity contribution in [2.45, 2.75) is 31.4 Å². The monoisotopic (exact) mass is 327 g/mol. The zero-order valence-corrected chi connectivity index (χ0v) is 13.5. The average Bonchev–Trinajstić information content (AvgIpc) is 2.59. The van der Waals surface area contributed by atoms with Crippen molar-refractivity contribution in [3.05, 3.63) is 48.0 Å². The first kappa shape index (κ1) is 16.3. The van der Waals surface area contributed by atoms with E-state index in [1.54, 1.807) is 13.2 Å². The Morgan fingerprint density at radius 2 is 2.04 bits per heavy atom. The van der Waals surface area contributed by atoms with Gasteiger partial charge >= 0.3 is 0 Å². The van der Waals surface area contributed by atoms with E-state index in [1.807, 2.05) is 18.2 Å². The maximum absolute atomic E-state index is 12.5. The van der Waals surface area contributed by atoms with Crippen molar-refractivity contribution in [2.24, 2.45) is 5.92 Å². The van der Waals surface area contributed by atoms with Gasteiger partial charge in [-0.05, 0) is 30.9 Å². The van der Waals surface area contributed by atoms with Gasteiger partial charge in [0, 0.05) is 43.8 Å². The quantitative estimate of drug-likeness (QED) is 0.732. The van der Waals surface area contributed by atoms with E-state index in [0.717, 1.165) is 5.69 Å². The summed E-state index contributed by atoms with van der Waals surface area (Å²) >= 11 is 0. The number of carbonyl (C=O) groups is 1. The summed E-state index contributed by atoms with van der Waals surface area (Å²) < 4.78 is 0. The zero-order valence-electron chi connectivity index (χ0n) is 13.5. The highest BCUT2D eigenvalue weighted by Gasteiger charge is 2.35. The number of aliphatic hydroxyl groups excluding tert-OH is 1. The minimum atomic E-state index is -0.267. The van der Waals surface area contributed by atoms with Crippen molar-refractivity contribution in [2.75, 3.05) is 12.4 Å². The van der Waals surface area contributed by atoms with Crippen LogP contribution in [0.3, 0.4) is 0 Å². The molecule has 24 heavy (non-hydrogen) atoms. The first-order valence-corrected chi connectivity index (χ1v) is 8.04. The van der Waals surface area contributed by atoms with Gasteiger partial charge < -0.3 is 15.7 Å². The molecule has 3 rings (SSSR count). The van der Waals surface area contributed by atoms with E-state index < -0.39 is 0 Å². The first-order chi connectivity index (χ1) is 11.7. The number of pyridine rings is 1. The molecule has 2 aromatic rings. The van der Waals surface area contributed by atoms with E-state index in [1.165, 1.54) is 12.4 Å². The number of anilines is 1. The molecule has 1 atom stereocenters. The number of hydrogen-bond donors (Lipinski definition) is 3. The molecule has 0 radical (unpaired) electrons. The van der Waals surface area contributed by atoms with Crippen LogP contribution in [0.1, 0.15) is 28.9 Å². The number of aromatic nitrogens is 3. The van der Waals surface area contributed by atoms with E-state index in [4.69, 9.17) is 0 Å². The zero-order chi connectivity index (χ0) is 16.9. The number of nitrogens with one attached hydrogen (secondary N) is 2. The molecule has 0 aromatic carbocycles. The smallest absolute Gasteiger partial charge is 0.254 e. The van der Waals surface area contributed by atoms with Gasteiger partial charge in [0.2, 0.25) is 5.95 Å². The van der Waals surface area contributed by atoms with E-state index in [0.29, 0.717) is 30.8 Å². The molecule has 0 bridgehead atoms. The van der Waals surface area contributed by atoms with Crippen LogP contribution in [0, 0.1) is 5.92 Å². The summed E-state index contributed by atoms with van der Waals surface area (Å²) in [6.07, 6.45) is 6.52. The molecule has 1 fully saturated rings. The minimum absolute atomic E-state index is 0.0697. The summed E-state index contributed by atoms with van der Waals surface area (Å²) in [6, 6.07) is 5.67. The Labute approximate surface area is 140 Å².